The second-order valence-electron chi connectivity index (χ2n) is 4.19. The van der Waals surface area contributed by atoms with Crippen LogP contribution in [0.2, 0.25) is 0 Å². The summed E-state index contributed by atoms with van der Waals surface area (Å²) >= 11 is 0. The van der Waals surface area contributed by atoms with Crippen molar-refractivity contribution in [2.75, 3.05) is 0 Å². The van der Waals surface area contributed by atoms with Crippen LogP contribution in [0.4, 0.5) is 0 Å². The lowest BCUT2D eigenvalue weighted by Crippen LogP contribution is -1.87. The maximum Gasteiger partial charge on any atom is 0.116 e. The number of H-pyrrole nitrogens is 1. The Balaban J connectivity index is 2.38. The van der Waals surface area contributed by atoms with Crippen molar-refractivity contribution >= 4 is 10.9 Å². The Morgan fingerprint density at radius 2 is 1.71 bits per heavy atom. The van der Waals surface area contributed by atoms with E-state index in [1.54, 1.807) is 6.33 Å². The first kappa shape index (κ1) is 10.0. The standard InChI is InChI=1S/C14H13N3/c1-9-12-13(10(2)17-9)15-8-16-14(12)11-6-4-3-5-7-11/h3-8,17H,1-2H3. The first-order valence-corrected chi connectivity index (χ1v) is 5.62. The second kappa shape index (κ2) is 3.70. The van der Waals surface area contributed by atoms with Crippen molar-refractivity contribution in [1.29, 1.82) is 0 Å². The first-order valence-electron chi connectivity index (χ1n) is 5.62. The molecule has 1 aromatic carbocycles. The molecule has 2 heterocycles. The molecule has 3 rings (SSSR count). The van der Waals surface area contributed by atoms with E-state index in [-0.39, 0.29) is 0 Å². The van der Waals surface area contributed by atoms with Gasteiger partial charge in [0.1, 0.15) is 6.33 Å². The van der Waals surface area contributed by atoms with Gasteiger partial charge in [-0.25, -0.2) is 9.97 Å². The zero-order valence-electron chi connectivity index (χ0n) is 9.86. The van der Waals surface area contributed by atoms with Crippen molar-refractivity contribution in [2.45, 2.75) is 13.8 Å². The number of rotatable bonds is 1. The molecule has 0 radical (unpaired) electrons. The fourth-order valence-electron chi connectivity index (χ4n) is 2.24. The maximum absolute atomic E-state index is 4.42. The van der Waals surface area contributed by atoms with Crippen molar-refractivity contribution in [3.8, 4) is 11.3 Å². The van der Waals surface area contributed by atoms with Crippen LogP contribution in [0.25, 0.3) is 22.2 Å². The third kappa shape index (κ3) is 1.51. The van der Waals surface area contributed by atoms with Crippen LogP contribution in [0, 0.1) is 13.8 Å². The summed E-state index contributed by atoms with van der Waals surface area (Å²) in [4.78, 5) is 12.1. The SMILES string of the molecule is Cc1[nH]c(C)c2c(-c3ccccc3)ncnc12. The molecule has 0 amide bonds. The summed E-state index contributed by atoms with van der Waals surface area (Å²) in [5.41, 5.74) is 5.35. The third-order valence-corrected chi connectivity index (χ3v) is 3.00. The van der Waals surface area contributed by atoms with Crippen LogP contribution < -0.4 is 0 Å². The Morgan fingerprint density at radius 1 is 0.941 bits per heavy atom. The molecule has 84 valence electrons. The number of benzene rings is 1. The fourth-order valence-corrected chi connectivity index (χ4v) is 2.24. The molecule has 0 aliphatic carbocycles. The van der Waals surface area contributed by atoms with Crippen LogP contribution in [0.3, 0.4) is 0 Å². The van der Waals surface area contributed by atoms with Crippen LogP contribution in [0.5, 0.6) is 0 Å². The molecule has 0 spiro atoms. The summed E-state index contributed by atoms with van der Waals surface area (Å²) in [6, 6.07) is 10.2. The molecule has 0 unspecified atom stereocenters. The Kier molecular flexibility index (Phi) is 2.18. The molecule has 2 aromatic heterocycles. The maximum atomic E-state index is 4.42. The second-order valence-corrected chi connectivity index (χ2v) is 4.19. The zero-order valence-corrected chi connectivity index (χ0v) is 9.86. The van der Waals surface area contributed by atoms with Crippen LogP contribution in [0.15, 0.2) is 36.7 Å². The lowest BCUT2D eigenvalue weighted by atomic mass is 10.1. The van der Waals surface area contributed by atoms with Gasteiger partial charge in [0.05, 0.1) is 11.2 Å². The van der Waals surface area contributed by atoms with Gasteiger partial charge in [-0.2, -0.15) is 0 Å². The molecule has 1 N–H and O–H groups in total. The number of hydrogen-bond donors (Lipinski definition) is 1. The monoisotopic (exact) mass is 223 g/mol. The molecule has 17 heavy (non-hydrogen) atoms. The highest BCUT2D eigenvalue weighted by molar-refractivity contribution is 5.95. The van der Waals surface area contributed by atoms with E-state index in [0.29, 0.717) is 0 Å². The molecule has 0 aliphatic rings. The lowest BCUT2D eigenvalue weighted by molar-refractivity contribution is 1.19. The Labute approximate surface area is 99.5 Å². The largest absolute Gasteiger partial charge is 0.360 e. The van der Waals surface area contributed by atoms with E-state index in [0.717, 1.165) is 33.5 Å². The molecule has 0 saturated carbocycles. The van der Waals surface area contributed by atoms with Crippen molar-refractivity contribution in [2.24, 2.45) is 0 Å². The molecule has 0 aliphatic heterocycles. The van der Waals surface area contributed by atoms with E-state index in [9.17, 15) is 0 Å². The van der Waals surface area contributed by atoms with Crippen molar-refractivity contribution in [3.05, 3.63) is 48.0 Å². The number of aromatic amines is 1. The molecule has 3 heteroatoms. The highest BCUT2D eigenvalue weighted by Gasteiger charge is 2.12. The minimum absolute atomic E-state index is 0.998. The molecule has 3 aromatic rings. The predicted octanol–water partition coefficient (Wildman–Crippen LogP) is 3.24. The highest BCUT2D eigenvalue weighted by atomic mass is 14.9. The molecular weight excluding hydrogens is 210 g/mol. The van der Waals surface area contributed by atoms with E-state index in [1.807, 2.05) is 25.1 Å². The van der Waals surface area contributed by atoms with Crippen molar-refractivity contribution < 1.29 is 0 Å². The zero-order chi connectivity index (χ0) is 11.8. The number of nitrogens with zero attached hydrogens (tertiary/aromatic N) is 2. The number of aromatic nitrogens is 3. The van der Waals surface area contributed by atoms with Crippen LogP contribution in [-0.2, 0) is 0 Å². The van der Waals surface area contributed by atoms with Crippen LogP contribution in [-0.4, -0.2) is 15.0 Å². The fraction of sp³-hybridized carbons (Fsp3) is 0.143. The number of nitrogens with one attached hydrogen (secondary N) is 1. The van der Waals surface area contributed by atoms with Crippen molar-refractivity contribution in [3.63, 3.8) is 0 Å². The van der Waals surface area contributed by atoms with Crippen LogP contribution >= 0.6 is 0 Å². The minimum Gasteiger partial charge on any atom is -0.360 e. The van der Waals surface area contributed by atoms with Gasteiger partial charge in [-0.3, -0.25) is 0 Å². The lowest BCUT2D eigenvalue weighted by Gasteiger charge is -2.02. The van der Waals surface area contributed by atoms with Gasteiger partial charge in [0, 0.05) is 22.3 Å². The normalized spacial score (nSPS) is 10.9. The molecule has 0 saturated heterocycles. The molecular formula is C14H13N3. The minimum atomic E-state index is 0.998. The Morgan fingerprint density at radius 3 is 2.47 bits per heavy atom. The molecule has 0 atom stereocenters. The van der Waals surface area contributed by atoms with Crippen LogP contribution in [0.1, 0.15) is 11.4 Å². The Hall–Kier alpha value is -2.16. The topological polar surface area (TPSA) is 41.6 Å². The average molecular weight is 223 g/mol. The predicted molar refractivity (Wildman–Crippen MR) is 68.8 cm³/mol. The van der Waals surface area contributed by atoms with E-state index >= 15 is 0 Å². The Bertz CT molecular complexity index is 669. The van der Waals surface area contributed by atoms with Gasteiger partial charge in [-0.15, -0.1) is 0 Å². The summed E-state index contributed by atoms with van der Waals surface area (Å²) in [6.45, 7) is 4.10. The third-order valence-electron chi connectivity index (χ3n) is 3.00. The average Bonchev–Trinajstić information content (AvgIpc) is 2.66. The number of aryl methyl sites for hydroxylation is 2. The summed E-state index contributed by atoms with van der Waals surface area (Å²) in [5, 5.41) is 1.12. The molecule has 0 fully saturated rings. The van der Waals surface area contributed by atoms with Gasteiger partial charge in [0.15, 0.2) is 0 Å². The first-order chi connectivity index (χ1) is 8.27. The quantitative estimate of drug-likeness (QED) is 0.688. The summed E-state index contributed by atoms with van der Waals surface area (Å²) < 4.78 is 0. The summed E-state index contributed by atoms with van der Waals surface area (Å²) in [6.07, 6.45) is 1.63. The summed E-state index contributed by atoms with van der Waals surface area (Å²) in [7, 11) is 0. The van der Waals surface area contributed by atoms with Gasteiger partial charge < -0.3 is 4.98 Å². The molecule has 3 nitrogen and oxygen atoms in total. The van der Waals surface area contributed by atoms with E-state index in [2.05, 4.69) is 34.0 Å². The van der Waals surface area contributed by atoms with Crippen molar-refractivity contribution in [1.82, 2.24) is 15.0 Å². The number of hydrogen-bond acceptors (Lipinski definition) is 2. The highest BCUT2D eigenvalue weighted by Crippen LogP contribution is 2.29. The van der Waals surface area contributed by atoms with Gasteiger partial charge in [0.25, 0.3) is 0 Å². The van der Waals surface area contributed by atoms with Gasteiger partial charge in [0.2, 0.25) is 0 Å². The van der Waals surface area contributed by atoms with Gasteiger partial charge in [-0.05, 0) is 13.8 Å². The number of fused-ring (bicyclic) bond motifs is 1. The smallest absolute Gasteiger partial charge is 0.116 e. The van der Waals surface area contributed by atoms with E-state index in [1.165, 1.54) is 0 Å². The van der Waals surface area contributed by atoms with E-state index < -0.39 is 0 Å². The summed E-state index contributed by atoms with van der Waals surface area (Å²) in [5.74, 6) is 0. The van der Waals surface area contributed by atoms with Gasteiger partial charge >= 0.3 is 0 Å². The molecule has 0 bridgehead atoms. The van der Waals surface area contributed by atoms with E-state index in [4.69, 9.17) is 0 Å². The van der Waals surface area contributed by atoms with Gasteiger partial charge in [-0.1, -0.05) is 30.3 Å².